The van der Waals surface area contributed by atoms with Crippen molar-refractivity contribution in [1.29, 1.82) is 0 Å². The van der Waals surface area contributed by atoms with Crippen LogP contribution in [0.4, 0.5) is 11.4 Å². The smallest absolute Gasteiger partial charge is 0.311 e. The Labute approximate surface area is 134 Å². The van der Waals surface area contributed by atoms with Crippen LogP contribution in [0, 0.1) is 24.0 Å². The van der Waals surface area contributed by atoms with E-state index in [2.05, 4.69) is 5.32 Å². The van der Waals surface area contributed by atoms with Crippen LogP contribution in [0.5, 0.6) is 5.75 Å². The van der Waals surface area contributed by atoms with Gasteiger partial charge in [-0.1, -0.05) is 6.07 Å². The van der Waals surface area contributed by atoms with E-state index in [1.54, 1.807) is 13.0 Å². The fourth-order valence-corrected chi connectivity index (χ4v) is 2.10. The van der Waals surface area contributed by atoms with Gasteiger partial charge in [0.1, 0.15) is 0 Å². The van der Waals surface area contributed by atoms with Gasteiger partial charge in [-0.2, -0.15) is 0 Å². The average Bonchev–Trinajstić information content (AvgIpc) is 2.51. The summed E-state index contributed by atoms with van der Waals surface area (Å²) in [5, 5.41) is 13.8. The van der Waals surface area contributed by atoms with Gasteiger partial charge in [-0.3, -0.25) is 14.9 Å². The minimum Gasteiger partial charge on any atom is -0.487 e. The number of ether oxygens (including phenoxy) is 1. The molecule has 6 heteroatoms. The fraction of sp³-hybridized carbons (Fsp3) is 0.235. The largest absolute Gasteiger partial charge is 0.487 e. The minimum atomic E-state index is -0.558. The first-order chi connectivity index (χ1) is 10.9. The van der Waals surface area contributed by atoms with Crippen LogP contribution in [0.1, 0.15) is 28.4 Å². The van der Waals surface area contributed by atoms with Gasteiger partial charge in [0.25, 0.3) is 5.91 Å². The highest BCUT2D eigenvalue weighted by molar-refractivity contribution is 6.04. The molecule has 1 N–H and O–H groups in total. The maximum absolute atomic E-state index is 12.3. The second kappa shape index (κ2) is 6.91. The summed E-state index contributed by atoms with van der Waals surface area (Å²) in [6.45, 7) is 5.99. The van der Waals surface area contributed by atoms with Gasteiger partial charge in [-0.15, -0.1) is 0 Å². The lowest BCUT2D eigenvalue weighted by molar-refractivity contribution is -0.385. The highest BCUT2D eigenvalue weighted by Crippen LogP contribution is 2.28. The van der Waals surface area contributed by atoms with Gasteiger partial charge < -0.3 is 10.1 Å². The molecule has 2 aromatic carbocycles. The van der Waals surface area contributed by atoms with Gasteiger partial charge in [0, 0.05) is 17.3 Å². The number of nitrogens with one attached hydrogen (secondary N) is 1. The highest BCUT2D eigenvalue weighted by Gasteiger charge is 2.18. The molecule has 0 saturated heterocycles. The van der Waals surface area contributed by atoms with Gasteiger partial charge >= 0.3 is 5.69 Å². The van der Waals surface area contributed by atoms with Crippen LogP contribution in [0.2, 0.25) is 0 Å². The van der Waals surface area contributed by atoms with E-state index in [-0.39, 0.29) is 17.0 Å². The molecule has 0 atom stereocenters. The van der Waals surface area contributed by atoms with Crippen molar-refractivity contribution in [3.05, 3.63) is 63.2 Å². The van der Waals surface area contributed by atoms with Crippen LogP contribution in [0.15, 0.2) is 36.4 Å². The van der Waals surface area contributed by atoms with Crippen LogP contribution >= 0.6 is 0 Å². The number of amides is 1. The summed E-state index contributed by atoms with van der Waals surface area (Å²) in [6.07, 6.45) is 0. The third-order valence-electron chi connectivity index (χ3n) is 3.48. The van der Waals surface area contributed by atoms with E-state index in [0.717, 1.165) is 11.1 Å². The van der Waals surface area contributed by atoms with Crippen LogP contribution in [0.25, 0.3) is 0 Å². The second-order valence-electron chi connectivity index (χ2n) is 5.13. The molecule has 0 aliphatic carbocycles. The standard InChI is InChI=1S/C17H18N2O4/c1-4-23-16-8-6-13(10-15(16)19(21)22)17(20)18-14-7-5-11(2)12(3)9-14/h5-10H,4H2,1-3H3,(H,18,20). The minimum absolute atomic E-state index is 0.153. The van der Waals surface area contributed by atoms with Crippen molar-refractivity contribution < 1.29 is 14.5 Å². The van der Waals surface area contributed by atoms with Crippen molar-refractivity contribution in [2.45, 2.75) is 20.8 Å². The average molecular weight is 314 g/mol. The van der Waals surface area contributed by atoms with E-state index in [9.17, 15) is 14.9 Å². The van der Waals surface area contributed by atoms with Gasteiger partial charge in [-0.25, -0.2) is 0 Å². The summed E-state index contributed by atoms with van der Waals surface area (Å²) in [5.41, 5.74) is 2.81. The third kappa shape index (κ3) is 3.85. The van der Waals surface area contributed by atoms with Crippen molar-refractivity contribution >= 4 is 17.3 Å². The second-order valence-corrected chi connectivity index (χ2v) is 5.13. The fourth-order valence-electron chi connectivity index (χ4n) is 2.10. The first-order valence-electron chi connectivity index (χ1n) is 7.22. The molecule has 0 bridgehead atoms. The topological polar surface area (TPSA) is 81.5 Å². The number of hydrogen-bond acceptors (Lipinski definition) is 4. The molecular weight excluding hydrogens is 296 g/mol. The van der Waals surface area contributed by atoms with Crippen molar-refractivity contribution in [3.63, 3.8) is 0 Å². The Morgan fingerprint density at radius 2 is 1.91 bits per heavy atom. The molecule has 0 aromatic heterocycles. The molecule has 0 aliphatic heterocycles. The maximum Gasteiger partial charge on any atom is 0.311 e. The molecule has 1 amide bonds. The van der Waals surface area contributed by atoms with Crippen molar-refractivity contribution in [1.82, 2.24) is 0 Å². The molecule has 0 unspecified atom stereocenters. The molecule has 0 fully saturated rings. The summed E-state index contributed by atoms with van der Waals surface area (Å²) in [6, 6.07) is 9.73. The predicted molar refractivity (Wildman–Crippen MR) is 88.1 cm³/mol. The van der Waals surface area contributed by atoms with Gasteiger partial charge in [0.2, 0.25) is 0 Å². The monoisotopic (exact) mass is 314 g/mol. The molecular formula is C17H18N2O4. The van der Waals surface area contributed by atoms with Gasteiger partial charge in [0.15, 0.2) is 5.75 Å². The number of carbonyl (C=O) groups is 1. The van der Waals surface area contributed by atoms with Crippen LogP contribution in [0.3, 0.4) is 0 Å². The van der Waals surface area contributed by atoms with Gasteiger partial charge in [0.05, 0.1) is 11.5 Å². The number of nitrogens with zero attached hydrogens (tertiary/aromatic N) is 1. The molecule has 2 rings (SSSR count). The first-order valence-corrected chi connectivity index (χ1v) is 7.22. The van der Waals surface area contributed by atoms with E-state index < -0.39 is 10.8 Å². The lowest BCUT2D eigenvalue weighted by Crippen LogP contribution is -2.12. The Balaban J connectivity index is 2.26. The lowest BCUT2D eigenvalue weighted by atomic mass is 10.1. The van der Waals surface area contributed by atoms with Crippen molar-refractivity contribution in [2.75, 3.05) is 11.9 Å². The van der Waals surface area contributed by atoms with E-state index in [1.807, 2.05) is 26.0 Å². The SMILES string of the molecule is CCOc1ccc(C(=O)Nc2ccc(C)c(C)c2)cc1[N+](=O)[O-]. The molecule has 120 valence electrons. The normalized spacial score (nSPS) is 10.2. The van der Waals surface area contributed by atoms with E-state index >= 15 is 0 Å². The molecule has 0 heterocycles. The summed E-state index contributed by atoms with van der Waals surface area (Å²) in [4.78, 5) is 22.8. The van der Waals surface area contributed by atoms with E-state index in [4.69, 9.17) is 4.74 Å². The number of nitro groups is 1. The first kappa shape index (κ1) is 16.5. The zero-order chi connectivity index (χ0) is 17.0. The van der Waals surface area contributed by atoms with Gasteiger partial charge in [-0.05, 0) is 56.2 Å². The zero-order valence-electron chi connectivity index (χ0n) is 13.3. The number of nitro benzene ring substituents is 1. The van der Waals surface area contributed by atoms with Crippen LogP contribution in [-0.4, -0.2) is 17.4 Å². The Bertz CT molecular complexity index is 756. The molecule has 0 aliphatic rings. The van der Waals surface area contributed by atoms with Crippen molar-refractivity contribution in [2.24, 2.45) is 0 Å². The molecule has 2 aromatic rings. The number of anilines is 1. The number of rotatable bonds is 5. The lowest BCUT2D eigenvalue weighted by Gasteiger charge is -2.09. The van der Waals surface area contributed by atoms with E-state index in [0.29, 0.717) is 12.3 Å². The summed E-state index contributed by atoms with van der Waals surface area (Å²) in [7, 11) is 0. The van der Waals surface area contributed by atoms with Crippen LogP contribution in [-0.2, 0) is 0 Å². The third-order valence-corrected chi connectivity index (χ3v) is 3.48. The van der Waals surface area contributed by atoms with E-state index in [1.165, 1.54) is 18.2 Å². The number of hydrogen-bond donors (Lipinski definition) is 1. The highest BCUT2D eigenvalue weighted by atomic mass is 16.6. The molecule has 6 nitrogen and oxygen atoms in total. The zero-order valence-corrected chi connectivity index (χ0v) is 13.3. The summed E-state index contributed by atoms with van der Waals surface area (Å²) >= 11 is 0. The Morgan fingerprint density at radius 3 is 2.52 bits per heavy atom. The molecule has 0 saturated carbocycles. The Kier molecular flexibility index (Phi) is 4.95. The number of benzene rings is 2. The number of carbonyl (C=O) groups excluding carboxylic acids is 1. The Morgan fingerprint density at radius 1 is 1.17 bits per heavy atom. The predicted octanol–water partition coefficient (Wildman–Crippen LogP) is 3.86. The van der Waals surface area contributed by atoms with Crippen LogP contribution < -0.4 is 10.1 Å². The summed E-state index contributed by atoms with van der Waals surface area (Å²) in [5.74, 6) is -0.250. The molecule has 0 spiro atoms. The Hall–Kier alpha value is -2.89. The number of aryl methyl sites for hydroxylation is 2. The quantitative estimate of drug-likeness (QED) is 0.671. The van der Waals surface area contributed by atoms with Crippen molar-refractivity contribution in [3.8, 4) is 5.75 Å². The summed E-state index contributed by atoms with van der Waals surface area (Å²) < 4.78 is 5.21. The molecule has 0 radical (unpaired) electrons. The maximum atomic E-state index is 12.3. The molecule has 23 heavy (non-hydrogen) atoms.